The second-order valence-electron chi connectivity index (χ2n) is 10.7. The fraction of sp³-hybridized carbons (Fsp3) is 0.387. The van der Waals surface area contributed by atoms with E-state index in [0.29, 0.717) is 12.3 Å². The highest BCUT2D eigenvalue weighted by Gasteiger charge is 2.30. The van der Waals surface area contributed by atoms with Gasteiger partial charge >= 0.3 is 0 Å². The predicted octanol–water partition coefficient (Wildman–Crippen LogP) is 3.47. The van der Waals surface area contributed by atoms with Crippen molar-refractivity contribution in [3.05, 3.63) is 78.1 Å². The number of ether oxygens (including phenoxy) is 3. The third-order valence-electron chi connectivity index (χ3n) is 7.45. The van der Waals surface area contributed by atoms with Crippen LogP contribution < -0.4 is 14.2 Å². The van der Waals surface area contributed by atoms with Crippen molar-refractivity contribution in [1.82, 2.24) is 14.8 Å². The van der Waals surface area contributed by atoms with Crippen LogP contribution in [0.15, 0.2) is 71.9 Å². The van der Waals surface area contributed by atoms with E-state index in [1.54, 1.807) is 54.6 Å². The molecule has 0 spiro atoms. The molecular formula is C31H38N4O7S. The summed E-state index contributed by atoms with van der Waals surface area (Å²) in [6.45, 7) is 4.60. The molecule has 2 heterocycles. The van der Waals surface area contributed by atoms with Crippen molar-refractivity contribution in [1.29, 1.82) is 0 Å². The van der Waals surface area contributed by atoms with Crippen molar-refractivity contribution in [3.63, 3.8) is 0 Å². The number of benzene rings is 2. The minimum Gasteiger partial charge on any atom is -0.497 e. The van der Waals surface area contributed by atoms with Crippen LogP contribution in [-0.2, 0) is 26.0 Å². The number of hydrogen-bond donors (Lipinski definition) is 1. The van der Waals surface area contributed by atoms with Gasteiger partial charge in [-0.15, -0.1) is 0 Å². The highest BCUT2D eigenvalue weighted by atomic mass is 32.2. The van der Waals surface area contributed by atoms with Crippen molar-refractivity contribution < 1.29 is 32.2 Å². The largest absolute Gasteiger partial charge is 0.497 e. The van der Waals surface area contributed by atoms with Crippen LogP contribution in [0.5, 0.6) is 11.5 Å². The number of likely N-dealkylation sites (N-methyl/N-ethyl adjacent to an activating group) is 1. The summed E-state index contributed by atoms with van der Waals surface area (Å²) in [5.74, 6) is 0.110. The smallest absolute Gasteiger partial charge is 0.262 e. The molecule has 1 aliphatic rings. The number of carbonyl (C=O) groups excluding carboxylic acids is 2. The minimum absolute atomic E-state index is 0.0208. The van der Waals surface area contributed by atoms with Gasteiger partial charge in [-0.2, -0.15) is 0 Å². The van der Waals surface area contributed by atoms with Gasteiger partial charge in [0.1, 0.15) is 18.1 Å². The number of anilines is 1. The van der Waals surface area contributed by atoms with Crippen LogP contribution in [0, 0.1) is 5.92 Å². The molecule has 0 unspecified atom stereocenters. The number of pyridine rings is 1. The van der Waals surface area contributed by atoms with Gasteiger partial charge in [-0.1, -0.05) is 19.1 Å². The Morgan fingerprint density at radius 3 is 2.58 bits per heavy atom. The van der Waals surface area contributed by atoms with Gasteiger partial charge < -0.3 is 24.0 Å². The SMILES string of the molecule is COc1cccc(S(=O)(=O)Nc2ccc3c(c2)OC[C@H](C)N(C(=O)Cc2cccnc2)C[C@@H](C)[C@H](OC)CN(C)C3=O)c1. The van der Waals surface area contributed by atoms with Crippen molar-refractivity contribution in [2.75, 3.05) is 45.7 Å². The molecule has 2 aromatic carbocycles. The molecule has 1 aromatic heterocycles. The number of hydrogen-bond acceptors (Lipinski definition) is 8. The van der Waals surface area contributed by atoms with Crippen LogP contribution in [0.25, 0.3) is 0 Å². The van der Waals surface area contributed by atoms with Crippen molar-refractivity contribution in [2.45, 2.75) is 37.3 Å². The van der Waals surface area contributed by atoms with E-state index in [1.807, 2.05) is 19.9 Å². The monoisotopic (exact) mass is 610 g/mol. The van der Waals surface area contributed by atoms with E-state index in [9.17, 15) is 18.0 Å². The Morgan fingerprint density at radius 2 is 1.88 bits per heavy atom. The molecule has 1 aliphatic heterocycles. The number of rotatable bonds is 7. The second kappa shape index (κ2) is 13.9. The lowest BCUT2D eigenvalue weighted by atomic mass is 10.0. The summed E-state index contributed by atoms with van der Waals surface area (Å²) in [5, 5.41) is 0. The van der Waals surface area contributed by atoms with Crippen LogP contribution >= 0.6 is 0 Å². The molecule has 12 heteroatoms. The van der Waals surface area contributed by atoms with Crippen LogP contribution in [0.4, 0.5) is 5.69 Å². The number of nitrogens with zero attached hydrogens (tertiary/aromatic N) is 3. The lowest BCUT2D eigenvalue weighted by molar-refractivity contribution is -0.134. The van der Waals surface area contributed by atoms with E-state index in [4.69, 9.17) is 14.2 Å². The molecule has 0 saturated carbocycles. The zero-order valence-electron chi connectivity index (χ0n) is 25.0. The van der Waals surface area contributed by atoms with Crippen molar-refractivity contribution in [3.8, 4) is 11.5 Å². The lowest BCUT2D eigenvalue weighted by Crippen LogP contribution is -2.49. The Labute approximate surface area is 252 Å². The molecule has 0 radical (unpaired) electrons. The molecule has 3 atom stereocenters. The van der Waals surface area contributed by atoms with E-state index in [-0.39, 0.29) is 71.3 Å². The quantitative estimate of drug-likeness (QED) is 0.431. The van der Waals surface area contributed by atoms with Gasteiger partial charge in [-0.25, -0.2) is 8.42 Å². The minimum atomic E-state index is -3.97. The van der Waals surface area contributed by atoms with Crippen LogP contribution in [0.3, 0.4) is 0 Å². The Morgan fingerprint density at radius 1 is 1.09 bits per heavy atom. The molecule has 0 aliphatic carbocycles. The summed E-state index contributed by atoms with van der Waals surface area (Å²) in [7, 11) is 0.750. The van der Waals surface area contributed by atoms with E-state index >= 15 is 0 Å². The Bertz CT molecular complexity index is 1530. The topological polar surface area (TPSA) is 127 Å². The standard InChI is InChI=1S/C31H38N4O7S/c1-21-18-35(30(36)14-23-8-7-13-32-17-23)22(2)20-42-28-15-24(11-12-27(28)31(37)34(3)19-29(21)41-5)33-43(38,39)26-10-6-9-25(16-26)40-4/h6-13,15-17,21-22,29,33H,14,18-20H2,1-5H3/t21-,22+,29-/m1/s1. The fourth-order valence-electron chi connectivity index (χ4n) is 4.94. The second-order valence-corrected chi connectivity index (χ2v) is 12.4. The molecule has 230 valence electrons. The number of methoxy groups -OCH3 is 2. The number of sulfonamides is 1. The average Bonchev–Trinajstić information content (AvgIpc) is 3.00. The predicted molar refractivity (Wildman–Crippen MR) is 162 cm³/mol. The maximum absolute atomic E-state index is 13.5. The normalized spacial score (nSPS) is 19.8. The molecule has 0 saturated heterocycles. The van der Waals surface area contributed by atoms with E-state index in [2.05, 4.69) is 9.71 Å². The van der Waals surface area contributed by atoms with Crippen LogP contribution in [0.1, 0.15) is 29.8 Å². The molecule has 0 fully saturated rings. The van der Waals surface area contributed by atoms with E-state index < -0.39 is 10.0 Å². The van der Waals surface area contributed by atoms with Crippen molar-refractivity contribution in [2.24, 2.45) is 5.92 Å². The molecule has 3 aromatic rings. The Balaban J connectivity index is 1.66. The van der Waals surface area contributed by atoms with Crippen LogP contribution in [-0.4, -0.2) is 88.1 Å². The summed E-state index contributed by atoms with van der Waals surface area (Å²) in [6, 6.07) is 13.9. The molecule has 11 nitrogen and oxygen atoms in total. The third-order valence-corrected chi connectivity index (χ3v) is 8.83. The van der Waals surface area contributed by atoms with Crippen LogP contribution in [0.2, 0.25) is 0 Å². The van der Waals surface area contributed by atoms with Gasteiger partial charge in [0, 0.05) is 57.7 Å². The summed E-state index contributed by atoms with van der Waals surface area (Å²) in [5.41, 5.74) is 1.27. The highest BCUT2D eigenvalue weighted by Crippen LogP contribution is 2.29. The summed E-state index contributed by atoms with van der Waals surface area (Å²) >= 11 is 0. The van der Waals surface area contributed by atoms with Crippen molar-refractivity contribution >= 4 is 27.5 Å². The Hall–Kier alpha value is -4.16. The first-order chi connectivity index (χ1) is 20.5. The van der Waals surface area contributed by atoms with Gasteiger partial charge in [0.2, 0.25) is 5.91 Å². The number of carbonyl (C=O) groups is 2. The lowest BCUT2D eigenvalue weighted by Gasteiger charge is -2.36. The molecular weight excluding hydrogens is 572 g/mol. The summed E-state index contributed by atoms with van der Waals surface area (Å²) < 4.78 is 45.9. The number of nitrogens with one attached hydrogen (secondary N) is 1. The zero-order valence-corrected chi connectivity index (χ0v) is 25.8. The molecule has 4 rings (SSSR count). The summed E-state index contributed by atoms with van der Waals surface area (Å²) in [6.07, 6.45) is 3.16. The average molecular weight is 611 g/mol. The number of fused-ring (bicyclic) bond motifs is 1. The molecule has 2 amide bonds. The molecule has 0 bridgehead atoms. The van der Waals surface area contributed by atoms with Gasteiger partial charge in [0.25, 0.3) is 15.9 Å². The zero-order chi connectivity index (χ0) is 31.1. The first-order valence-electron chi connectivity index (χ1n) is 13.9. The maximum Gasteiger partial charge on any atom is 0.262 e. The molecule has 43 heavy (non-hydrogen) atoms. The first-order valence-corrected chi connectivity index (χ1v) is 15.4. The van der Waals surface area contributed by atoms with E-state index in [1.165, 1.54) is 37.4 Å². The maximum atomic E-state index is 13.5. The number of aromatic nitrogens is 1. The molecule has 1 N–H and O–H groups in total. The van der Waals surface area contributed by atoms with E-state index in [0.717, 1.165) is 5.56 Å². The number of amides is 2. The van der Waals surface area contributed by atoms with Gasteiger partial charge in [-0.3, -0.25) is 19.3 Å². The highest BCUT2D eigenvalue weighted by molar-refractivity contribution is 7.92. The Kier molecular flexibility index (Phi) is 10.3. The third kappa shape index (κ3) is 7.82. The first kappa shape index (κ1) is 31.8. The van der Waals surface area contributed by atoms with Gasteiger partial charge in [0.05, 0.1) is 41.8 Å². The van der Waals surface area contributed by atoms with Gasteiger partial charge in [0.15, 0.2) is 0 Å². The summed E-state index contributed by atoms with van der Waals surface area (Å²) in [4.78, 5) is 34.5. The van der Waals surface area contributed by atoms with Gasteiger partial charge in [-0.05, 0) is 42.8 Å². The fourth-order valence-corrected chi connectivity index (χ4v) is 6.03.